The molecule has 1 saturated heterocycles. The molecule has 0 saturated carbocycles. The first-order chi connectivity index (χ1) is 17.4. The van der Waals surface area contributed by atoms with Crippen molar-refractivity contribution in [1.29, 1.82) is 0 Å². The van der Waals surface area contributed by atoms with Crippen molar-refractivity contribution in [3.05, 3.63) is 76.4 Å². The van der Waals surface area contributed by atoms with Gasteiger partial charge in [0.05, 0.1) is 11.9 Å². The van der Waals surface area contributed by atoms with Gasteiger partial charge in [-0.3, -0.25) is 24.5 Å². The van der Waals surface area contributed by atoms with Crippen LogP contribution in [0.25, 0.3) is 5.69 Å². The summed E-state index contributed by atoms with van der Waals surface area (Å²) in [5, 5.41) is 13.3. The molecular formula is C25H21FN6O4. The number of nitrogens with zero attached hydrogens (tertiary/aromatic N) is 4. The fourth-order valence-corrected chi connectivity index (χ4v) is 5.15. The molecule has 0 bridgehead atoms. The third kappa shape index (κ3) is 3.82. The zero-order valence-electron chi connectivity index (χ0n) is 19.0. The summed E-state index contributed by atoms with van der Waals surface area (Å²) in [6, 6.07) is 8.96. The van der Waals surface area contributed by atoms with Crippen LogP contribution >= 0.6 is 0 Å². The Bertz CT molecular complexity index is 1450. The van der Waals surface area contributed by atoms with Gasteiger partial charge in [0.1, 0.15) is 11.9 Å². The Labute approximate surface area is 204 Å². The molecule has 36 heavy (non-hydrogen) atoms. The van der Waals surface area contributed by atoms with Gasteiger partial charge in [0.15, 0.2) is 5.69 Å². The molecule has 2 N–H and O–H groups in total. The van der Waals surface area contributed by atoms with Gasteiger partial charge in [-0.25, -0.2) is 9.07 Å². The Morgan fingerprint density at radius 2 is 1.89 bits per heavy atom. The summed E-state index contributed by atoms with van der Waals surface area (Å²) in [7, 11) is 0. The third-order valence-corrected chi connectivity index (χ3v) is 6.93. The van der Waals surface area contributed by atoms with E-state index in [4.69, 9.17) is 0 Å². The van der Waals surface area contributed by atoms with Gasteiger partial charge in [0.2, 0.25) is 11.8 Å². The normalized spacial score (nSPS) is 20.8. The van der Waals surface area contributed by atoms with Gasteiger partial charge in [-0.2, -0.15) is 0 Å². The van der Waals surface area contributed by atoms with E-state index in [-0.39, 0.29) is 48.2 Å². The summed E-state index contributed by atoms with van der Waals surface area (Å²) >= 11 is 0. The lowest BCUT2D eigenvalue weighted by Crippen LogP contribution is -2.52. The fraction of sp³-hybridized carbons (Fsp3) is 0.280. The maximum Gasteiger partial charge on any atom is 0.273 e. The van der Waals surface area contributed by atoms with E-state index in [9.17, 15) is 23.6 Å². The van der Waals surface area contributed by atoms with Gasteiger partial charge >= 0.3 is 0 Å². The molecule has 3 heterocycles. The van der Waals surface area contributed by atoms with Gasteiger partial charge in [0, 0.05) is 24.6 Å². The van der Waals surface area contributed by atoms with Crippen molar-refractivity contribution in [2.75, 3.05) is 0 Å². The quantitative estimate of drug-likeness (QED) is 0.529. The van der Waals surface area contributed by atoms with Gasteiger partial charge in [-0.1, -0.05) is 11.3 Å². The number of piperidine rings is 1. The van der Waals surface area contributed by atoms with Crippen LogP contribution in [0.4, 0.5) is 4.39 Å². The molecule has 2 unspecified atom stereocenters. The van der Waals surface area contributed by atoms with E-state index in [0.717, 1.165) is 16.7 Å². The molecule has 182 valence electrons. The predicted molar refractivity (Wildman–Crippen MR) is 122 cm³/mol. The summed E-state index contributed by atoms with van der Waals surface area (Å²) in [6.07, 6.45) is 3.16. The molecule has 3 aliphatic rings. The molecule has 4 amide bonds. The Kier molecular flexibility index (Phi) is 5.13. The first kappa shape index (κ1) is 22.1. The van der Waals surface area contributed by atoms with E-state index in [0.29, 0.717) is 30.5 Å². The molecular weight excluding hydrogens is 467 g/mol. The number of rotatable bonds is 4. The Hall–Kier alpha value is -4.41. The minimum absolute atomic E-state index is 0.138. The van der Waals surface area contributed by atoms with Crippen LogP contribution in [0.1, 0.15) is 50.4 Å². The van der Waals surface area contributed by atoms with Crippen molar-refractivity contribution in [2.24, 2.45) is 0 Å². The van der Waals surface area contributed by atoms with Crippen LogP contribution in [0.5, 0.6) is 0 Å². The first-order valence-electron chi connectivity index (χ1n) is 11.6. The highest BCUT2D eigenvalue weighted by Gasteiger charge is 2.39. The van der Waals surface area contributed by atoms with Crippen LogP contribution in [0.2, 0.25) is 0 Å². The molecule has 3 aromatic rings. The minimum Gasteiger partial charge on any atom is -0.347 e. The number of fused-ring (bicyclic) bond motifs is 2. The van der Waals surface area contributed by atoms with Crippen LogP contribution in [0, 0.1) is 5.82 Å². The van der Waals surface area contributed by atoms with E-state index in [1.54, 1.807) is 24.3 Å². The fourth-order valence-electron chi connectivity index (χ4n) is 5.15. The lowest BCUT2D eigenvalue weighted by molar-refractivity contribution is -0.136. The lowest BCUT2D eigenvalue weighted by Gasteiger charge is -2.29. The maximum atomic E-state index is 13.5. The predicted octanol–water partition coefficient (Wildman–Crippen LogP) is 1.06. The molecule has 2 aliphatic heterocycles. The van der Waals surface area contributed by atoms with E-state index < -0.39 is 11.9 Å². The van der Waals surface area contributed by atoms with Crippen molar-refractivity contribution >= 4 is 23.6 Å². The molecule has 2 atom stereocenters. The summed E-state index contributed by atoms with van der Waals surface area (Å²) in [4.78, 5) is 50.8. The number of carbonyl (C=O) groups is 4. The summed E-state index contributed by atoms with van der Waals surface area (Å²) in [5.74, 6) is -1.72. The summed E-state index contributed by atoms with van der Waals surface area (Å²) in [6.45, 7) is 0.235. The number of amides is 4. The Morgan fingerprint density at radius 3 is 2.72 bits per heavy atom. The largest absolute Gasteiger partial charge is 0.347 e. The van der Waals surface area contributed by atoms with Crippen molar-refractivity contribution in [3.63, 3.8) is 0 Å². The zero-order valence-corrected chi connectivity index (χ0v) is 19.0. The number of nitrogens with one attached hydrogen (secondary N) is 2. The second-order valence-electron chi connectivity index (χ2n) is 9.28. The van der Waals surface area contributed by atoms with E-state index >= 15 is 0 Å². The topological polar surface area (TPSA) is 126 Å². The molecule has 1 fully saturated rings. The highest BCUT2D eigenvalue weighted by atomic mass is 19.1. The number of hydrogen-bond donors (Lipinski definition) is 2. The lowest BCUT2D eigenvalue weighted by atomic mass is 10.0. The summed E-state index contributed by atoms with van der Waals surface area (Å²) in [5.41, 5.74) is 3.87. The minimum atomic E-state index is -0.689. The molecule has 0 spiro atoms. The van der Waals surface area contributed by atoms with Crippen LogP contribution in [-0.2, 0) is 29.0 Å². The van der Waals surface area contributed by atoms with Gasteiger partial charge in [-0.05, 0) is 66.3 Å². The molecule has 1 aromatic heterocycles. The standard InChI is InChI=1S/C25H21FN6O4/c26-16-2-1-13-8-17(9-14(13)7-16)27-23(34)20-12-32(30-29-20)18-3-4-19-15(10-18)11-31(25(19)36)21-5-6-22(33)28-24(21)35/h1-4,7,10,12,17,21H,5-6,8-9,11H2,(H,27,34)(H,28,33,35). The average molecular weight is 488 g/mol. The molecule has 2 aromatic carbocycles. The number of halogens is 1. The second kappa shape index (κ2) is 8.36. The summed E-state index contributed by atoms with van der Waals surface area (Å²) < 4.78 is 14.9. The van der Waals surface area contributed by atoms with Crippen LogP contribution in [-0.4, -0.2) is 55.6 Å². The smallest absolute Gasteiger partial charge is 0.273 e. The number of hydrogen-bond acceptors (Lipinski definition) is 6. The third-order valence-electron chi connectivity index (χ3n) is 6.93. The van der Waals surface area contributed by atoms with Crippen LogP contribution in [0.3, 0.4) is 0 Å². The molecule has 0 radical (unpaired) electrons. The van der Waals surface area contributed by atoms with E-state index in [1.807, 2.05) is 0 Å². The van der Waals surface area contributed by atoms with Gasteiger partial charge in [0.25, 0.3) is 11.8 Å². The number of imide groups is 1. The van der Waals surface area contributed by atoms with Gasteiger partial charge in [-0.15, -0.1) is 5.10 Å². The molecule has 10 nitrogen and oxygen atoms in total. The first-order valence-corrected chi connectivity index (χ1v) is 11.6. The number of carbonyl (C=O) groups excluding carboxylic acids is 4. The SMILES string of the molecule is O=C1CCC(N2Cc3cc(-n4cc(C(=O)NC5Cc6ccc(F)cc6C5)nn4)ccc3C2=O)C(=O)N1. The van der Waals surface area contributed by atoms with Gasteiger partial charge < -0.3 is 10.2 Å². The second-order valence-corrected chi connectivity index (χ2v) is 9.28. The highest BCUT2D eigenvalue weighted by molar-refractivity contribution is 6.05. The molecule has 11 heteroatoms. The molecule has 1 aliphatic carbocycles. The monoisotopic (exact) mass is 488 g/mol. The maximum absolute atomic E-state index is 13.5. The Balaban J connectivity index is 1.15. The van der Waals surface area contributed by atoms with E-state index in [2.05, 4.69) is 20.9 Å². The Morgan fingerprint density at radius 1 is 1.06 bits per heavy atom. The zero-order chi connectivity index (χ0) is 25.0. The van der Waals surface area contributed by atoms with Crippen molar-refractivity contribution in [1.82, 2.24) is 30.5 Å². The number of aromatic nitrogens is 3. The molecule has 6 rings (SSSR count). The van der Waals surface area contributed by atoms with Crippen LogP contribution in [0.15, 0.2) is 42.6 Å². The van der Waals surface area contributed by atoms with Crippen molar-refractivity contribution in [2.45, 2.75) is 44.3 Å². The van der Waals surface area contributed by atoms with E-state index in [1.165, 1.54) is 27.9 Å². The number of benzene rings is 2. The van der Waals surface area contributed by atoms with Crippen LogP contribution < -0.4 is 10.6 Å². The highest BCUT2D eigenvalue weighted by Crippen LogP contribution is 2.29. The van der Waals surface area contributed by atoms with Crippen molar-refractivity contribution in [3.8, 4) is 5.69 Å². The average Bonchev–Trinajstić information content (AvgIpc) is 3.56. The van der Waals surface area contributed by atoms with Crippen molar-refractivity contribution < 1.29 is 23.6 Å².